The van der Waals surface area contributed by atoms with Crippen molar-refractivity contribution in [2.45, 2.75) is 0 Å². The van der Waals surface area contributed by atoms with Crippen molar-refractivity contribution in [1.82, 2.24) is 5.16 Å². The summed E-state index contributed by atoms with van der Waals surface area (Å²) in [6, 6.07) is 7.09. The molecule has 0 radical (unpaired) electrons. The van der Waals surface area contributed by atoms with E-state index in [9.17, 15) is 9.59 Å². The lowest BCUT2D eigenvalue weighted by molar-refractivity contribution is 0.0647. The molecule has 1 aromatic carbocycles. The van der Waals surface area contributed by atoms with Gasteiger partial charge < -0.3 is 14.4 Å². The van der Waals surface area contributed by atoms with Crippen LogP contribution < -0.4 is 4.74 Å². The monoisotopic (exact) mass is 267 g/mol. The van der Waals surface area contributed by atoms with Crippen LogP contribution >= 0.6 is 11.6 Å². The predicted octanol–water partition coefficient (Wildman–Crippen LogP) is 2.25. The van der Waals surface area contributed by atoms with Gasteiger partial charge in [0.15, 0.2) is 5.69 Å². The number of nitrogens with zero attached hydrogens (tertiary/aromatic N) is 1. The fourth-order valence-electron chi connectivity index (χ4n) is 1.13. The topological polar surface area (TPSA) is 89.6 Å². The number of aromatic carboxylic acids is 1. The first kappa shape index (κ1) is 12.1. The second-order valence-corrected chi connectivity index (χ2v) is 3.66. The highest BCUT2D eigenvalue weighted by Crippen LogP contribution is 2.17. The van der Waals surface area contributed by atoms with Crippen LogP contribution in [0.1, 0.15) is 21.0 Å². The van der Waals surface area contributed by atoms with Crippen LogP contribution in [-0.4, -0.2) is 22.2 Å². The second kappa shape index (κ2) is 4.89. The molecule has 1 heterocycles. The van der Waals surface area contributed by atoms with Gasteiger partial charge >= 0.3 is 11.9 Å². The smallest absolute Gasteiger partial charge is 0.374 e. The summed E-state index contributed by atoms with van der Waals surface area (Å²) in [5.74, 6) is -2.29. The van der Waals surface area contributed by atoms with Crippen molar-refractivity contribution in [2.24, 2.45) is 0 Å². The number of ether oxygens (including phenoxy) is 1. The maximum Gasteiger partial charge on any atom is 0.374 e. The third-order valence-electron chi connectivity index (χ3n) is 1.95. The summed E-state index contributed by atoms with van der Waals surface area (Å²) in [6.45, 7) is 0. The van der Waals surface area contributed by atoms with Crippen molar-refractivity contribution >= 4 is 23.5 Å². The van der Waals surface area contributed by atoms with Gasteiger partial charge in [0.2, 0.25) is 5.76 Å². The highest BCUT2D eigenvalue weighted by atomic mass is 35.5. The number of carbonyl (C=O) groups excluding carboxylic acids is 1. The summed E-state index contributed by atoms with van der Waals surface area (Å²) in [6.07, 6.45) is 0. The van der Waals surface area contributed by atoms with E-state index in [0.29, 0.717) is 5.02 Å². The standard InChI is InChI=1S/C11H6ClNO5/c12-6-1-3-7(4-2-6)17-11(16)8-5-9(10(14)15)18-13-8/h1-5H,(H,14,15). The van der Waals surface area contributed by atoms with Crippen LogP contribution in [0.15, 0.2) is 34.9 Å². The maximum absolute atomic E-state index is 11.6. The van der Waals surface area contributed by atoms with Gasteiger partial charge in [0.25, 0.3) is 0 Å². The fourth-order valence-corrected chi connectivity index (χ4v) is 1.26. The zero-order valence-corrected chi connectivity index (χ0v) is 9.55. The Morgan fingerprint density at radius 1 is 1.28 bits per heavy atom. The molecule has 0 fully saturated rings. The van der Waals surface area contributed by atoms with Gasteiger partial charge in [-0.25, -0.2) is 9.59 Å². The molecule has 0 atom stereocenters. The molecule has 0 unspecified atom stereocenters. The van der Waals surface area contributed by atoms with E-state index in [-0.39, 0.29) is 11.4 Å². The van der Waals surface area contributed by atoms with Crippen molar-refractivity contribution in [1.29, 1.82) is 0 Å². The molecule has 0 aliphatic rings. The molecule has 7 heteroatoms. The average Bonchev–Trinajstić information content (AvgIpc) is 2.81. The summed E-state index contributed by atoms with van der Waals surface area (Å²) in [7, 11) is 0. The van der Waals surface area contributed by atoms with E-state index in [1.807, 2.05) is 0 Å². The first-order valence-corrected chi connectivity index (χ1v) is 5.12. The van der Waals surface area contributed by atoms with E-state index in [0.717, 1.165) is 6.07 Å². The lowest BCUT2D eigenvalue weighted by Gasteiger charge is -2.00. The Bertz CT molecular complexity index is 590. The molecule has 0 aliphatic carbocycles. The third-order valence-corrected chi connectivity index (χ3v) is 2.21. The Labute approximate surface area is 106 Å². The summed E-state index contributed by atoms with van der Waals surface area (Å²) >= 11 is 5.67. The van der Waals surface area contributed by atoms with E-state index in [1.165, 1.54) is 12.1 Å². The molecule has 1 aromatic heterocycles. The summed E-state index contributed by atoms with van der Waals surface area (Å²) in [5, 5.41) is 12.4. The van der Waals surface area contributed by atoms with E-state index in [1.54, 1.807) is 12.1 Å². The Hall–Kier alpha value is -2.34. The van der Waals surface area contributed by atoms with Crippen LogP contribution in [0.25, 0.3) is 0 Å². The van der Waals surface area contributed by atoms with Gasteiger partial charge in [-0.2, -0.15) is 0 Å². The Balaban J connectivity index is 2.11. The van der Waals surface area contributed by atoms with Crippen LogP contribution in [0.2, 0.25) is 5.02 Å². The molecule has 0 spiro atoms. The van der Waals surface area contributed by atoms with Crippen LogP contribution in [0, 0.1) is 0 Å². The number of hydrogen-bond donors (Lipinski definition) is 1. The quantitative estimate of drug-likeness (QED) is 0.677. The molecule has 0 saturated heterocycles. The molecule has 0 aliphatic heterocycles. The van der Waals surface area contributed by atoms with Crippen LogP contribution in [0.5, 0.6) is 5.75 Å². The first-order chi connectivity index (χ1) is 8.56. The molecular formula is C11H6ClNO5. The first-order valence-electron chi connectivity index (χ1n) is 4.74. The number of halogens is 1. The van der Waals surface area contributed by atoms with Gasteiger partial charge in [0, 0.05) is 11.1 Å². The van der Waals surface area contributed by atoms with Crippen molar-refractivity contribution in [3.05, 3.63) is 46.8 Å². The van der Waals surface area contributed by atoms with E-state index < -0.39 is 17.7 Å². The average molecular weight is 268 g/mol. The zero-order valence-electron chi connectivity index (χ0n) is 8.79. The Morgan fingerprint density at radius 2 is 1.94 bits per heavy atom. The highest BCUT2D eigenvalue weighted by molar-refractivity contribution is 6.30. The minimum absolute atomic E-state index is 0.220. The number of benzene rings is 1. The minimum Gasteiger partial charge on any atom is -0.475 e. The molecule has 0 saturated carbocycles. The number of carboxylic acids is 1. The molecular weight excluding hydrogens is 262 g/mol. The van der Waals surface area contributed by atoms with Gasteiger partial charge in [-0.1, -0.05) is 16.8 Å². The number of aromatic nitrogens is 1. The zero-order chi connectivity index (χ0) is 13.1. The van der Waals surface area contributed by atoms with Gasteiger partial charge in [0.1, 0.15) is 5.75 Å². The fraction of sp³-hybridized carbons (Fsp3) is 0. The van der Waals surface area contributed by atoms with Gasteiger partial charge in [0.05, 0.1) is 0 Å². The normalized spacial score (nSPS) is 10.1. The third kappa shape index (κ3) is 2.67. The highest BCUT2D eigenvalue weighted by Gasteiger charge is 2.18. The SMILES string of the molecule is O=C(Oc1ccc(Cl)cc1)c1cc(C(=O)O)on1. The Kier molecular flexibility index (Phi) is 3.29. The van der Waals surface area contributed by atoms with Gasteiger partial charge in [-0.3, -0.25) is 0 Å². The molecule has 2 rings (SSSR count). The minimum atomic E-state index is -1.31. The summed E-state index contributed by atoms with van der Waals surface area (Å²) in [4.78, 5) is 22.1. The van der Waals surface area contributed by atoms with Gasteiger partial charge in [-0.05, 0) is 24.3 Å². The van der Waals surface area contributed by atoms with Gasteiger partial charge in [-0.15, -0.1) is 0 Å². The van der Waals surface area contributed by atoms with Crippen LogP contribution in [-0.2, 0) is 0 Å². The van der Waals surface area contributed by atoms with E-state index >= 15 is 0 Å². The van der Waals surface area contributed by atoms with Crippen molar-refractivity contribution < 1.29 is 24.0 Å². The number of carbonyl (C=O) groups is 2. The lowest BCUT2D eigenvalue weighted by Crippen LogP contribution is -2.08. The number of carboxylic acid groups (broad SMARTS) is 1. The molecule has 18 heavy (non-hydrogen) atoms. The molecule has 6 nitrogen and oxygen atoms in total. The molecule has 1 N–H and O–H groups in total. The van der Waals surface area contributed by atoms with Crippen LogP contribution in [0.3, 0.4) is 0 Å². The maximum atomic E-state index is 11.6. The predicted molar refractivity (Wildman–Crippen MR) is 59.9 cm³/mol. The van der Waals surface area contributed by atoms with Crippen molar-refractivity contribution in [2.75, 3.05) is 0 Å². The molecule has 2 aromatic rings. The van der Waals surface area contributed by atoms with E-state index in [2.05, 4.69) is 9.68 Å². The molecule has 92 valence electrons. The summed E-state index contributed by atoms with van der Waals surface area (Å²) in [5.41, 5.74) is -0.220. The Morgan fingerprint density at radius 3 is 2.50 bits per heavy atom. The molecule has 0 amide bonds. The van der Waals surface area contributed by atoms with E-state index in [4.69, 9.17) is 21.4 Å². The summed E-state index contributed by atoms with van der Waals surface area (Å²) < 4.78 is 9.37. The van der Waals surface area contributed by atoms with Crippen molar-refractivity contribution in [3.8, 4) is 5.75 Å². The molecule has 0 bridgehead atoms. The second-order valence-electron chi connectivity index (χ2n) is 3.22. The lowest BCUT2D eigenvalue weighted by atomic mass is 10.3. The number of esters is 1. The van der Waals surface area contributed by atoms with Crippen molar-refractivity contribution in [3.63, 3.8) is 0 Å². The van der Waals surface area contributed by atoms with Crippen LogP contribution in [0.4, 0.5) is 0 Å². The number of rotatable bonds is 3. The number of hydrogen-bond acceptors (Lipinski definition) is 5. The largest absolute Gasteiger partial charge is 0.475 e.